The van der Waals surface area contributed by atoms with Crippen molar-refractivity contribution in [3.8, 4) is 0 Å². The Kier molecular flexibility index (Phi) is 4.79. The van der Waals surface area contributed by atoms with Crippen molar-refractivity contribution in [2.45, 2.75) is 44.4 Å². The molecule has 0 aromatic carbocycles. The smallest absolute Gasteiger partial charge is 0.0680 e. The third-order valence-electron chi connectivity index (χ3n) is 4.33. The van der Waals surface area contributed by atoms with Crippen molar-refractivity contribution in [2.75, 3.05) is 39.8 Å². The summed E-state index contributed by atoms with van der Waals surface area (Å²) in [6.07, 6.45) is 3.37. The first-order chi connectivity index (χ1) is 8.19. The number of piperidine rings is 1. The van der Waals surface area contributed by atoms with Crippen LogP contribution in [0, 0.1) is 0 Å². The molecule has 4 heteroatoms. The number of aliphatic hydroxyl groups excluding tert-OH is 1. The van der Waals surface area contributed by atoms with Gasteiger partial charge in [0, 0.05) is 25.2 Å². The monoisotopic (exact) mass is 241 g/mol. The van der Waals surface area contributed by atoms with Crippen LogP contribution in [0.1, 0.15) is 26.2 Å². The molecule has 0 amide bonds. The zero-order valence-corrected chi connectivity index (χ0v) is 11.2. The number of aliphatic hydroxyl groups is 1. The van der Waals surface area contributed by atoms with Crippen molar-refractivity contribution in [3.63, 3.8) is 0 Å². The lowest BCUT2D eigenvalue weighted by molar-refractivity contribution is 0.122. The molecular formula is C13H27N3O. The van der Waals surface area contributed by atoms with Gasteiger partial charge >= 0.3 is 0 Å². The second-order valence-corrected chi connectivity index (χ2v) is 5.60. The molecule has 2 atom stereocenters. The Bertz CT molecular complexity index is 229. The van der Waals surface area contributed by atoms with Crippen LogP contribution in [0.5, 0.6) is 0 Å². The number of likely N-dealkylation sites (tertiary alicyclic amines) is 1. The Hall–Kier alpha value is -0.160. The second kappa shape index (κ2) is 6.14. The van der Waals surface area contributed by atoms with Crippen LogP contribution in [0.15, 0.2) is 0 Å². The maximum absolute atomic E-state index is 9.50. The predicted molar refractivity (Wildman–Crippen MR) is 70.2 cm³/mol. The van der Waals surface area contributed by atoms with Crippen LogP contribution in [0.3, 0.4) is 0 Å². The van der Waals surface area contributed by atoms with Crippen LogP contribution in [-0.4, -0.2) is 72.9 Å². The highest BCUT2D eigenvalue weighted by Crippen LogP contribution is 2.17. The van der Waals surface area contributed by atoms with Gasteiger partial charge in [-0.15, -0.1) is 0 Å². The molecule has 0 aromatic heterocycles. The Balaban J connectivity index is 1.71. The van der Waals surface area contributed by atoms with Gasteiger partial charge in [-0.05, 0) is 45.9 Å². The largest absolute Gasteiger partial charge is 0.392 e. The van der Waals surface area contributed by atoms with Crippen molar-refractivity contribution >= 4 is 0 Å². The molecule has 0 spiro atoms. The van der Waals surface area contributed by atoms with E-state index in [2.05, 4.69) is 29.1 Å². The topological polar surface area (TPSA) is 38.7 Å². The molecule has 2 unspecified atom stereocenters. The van der Waals surface area contributed by atoms with Crippen LogP contribution in [0.2, 0.25) is 0 Å². The highest BCUT2D eigenvalue weighted by atomic mass is 16.3. The molecule has 2 aliphatic heterocycles. The summed E-state index contributed by atoms with van der Waals surface area (Å²) in [5.41, 5.74) is 0. The molecule has 2 N–H and O–H groups in total. The van der Waals surface area contributed by atoms with Gasteiger partial charge in [-0.25, -0.2) is 0 Å². The predicted octanol–water partition coefficient (Wildman–Crippen LogP) is 0.125. The fourth-order valence-corrected chi connectivity index (χ4v) is 3.11. The fourth-order valence-electron chi connectivity index (χ4n) is 3.11. The summed E-state index contributed by atoms with van der Waals surface area (Å²) in [5.74, 6) is 0. The van der Waals surface area contributed by atoms with Crippen LogP contribution >= 0.6 is 0 Å². The van der Waals surface area contributed by atoms with Crippen molar-refractivity contribution < 1.29 is 5.11 Å². The van der Waals surface area contributed by atoms with Crippen LogP contribution in [0.25, 0.3) is 0 Å². The first-order valence-corrected chi connectivity index (χ1v) is 7.03. The van der Waals surface area contributed by atoms with Gasteiger partial charge in [0.1, 0.15) is 0 Å². The number of hydrogen-bond donors (Lipinski definition) is 2. The Labute approximate surface area is 105 Å². The normalized spacial score (nSPS) is 32.5. The molecule has 0 aromatic rings. The highest BCUT2D eigenvalue weighted by Gasteiger charge is 2.27. The third kappa shape index (κ3) is 3.65. The minimum absolute atomic E-state index is 0.129. The zero-order chi connectivity index (χ0) is 12.3. The maximum atomic E-state index is 9.50. The molecule has 2 rings (SSSR count). The van der Waals surface area contributed by atoms with Gasteiger partial charge in [-0.2, -0.15) is 0 Å². The summed E-state index contributed by atoms with van der Waals surface area (Å²) in [5, 5.41) is 12.9. The molecule has 2 aliphatic rings. The van der Waals surface area contributed by atoms with Crippen LogP contribution in [0.4, 0.5) is 0 Å². The second-order valence-electron chi connectivity index (χ2n) is 5.60. The van der Waals surface area contributed by atoms with Crippen molar-refractivity contribution in [3.05, 3.63) is 0 Å². The number of nitrogens with zero attached hydrogens (tertiary/aromatic N) is 2. The van der Waals surface area contributed by atoms with Gasteiger partial charge in [0.15, 0.2) is 0 Å². The van der Waals surface area contributed by atoms with E-state index in [9.17, 15) is 5.11 Å². The van der Waals surface area contributed by atoms with Gasteiger partial charge in [0.25, 0.3) is 0 Å². The van der Waals surface area contributed by atoms with E-state index in [1.807, 2.05) is 0 Å². The van der Waals surface area contributed by atoms with Gasteiger partial charge in [0.2, 0.25) is 0 Å². The van der Waals surface area contributed by atoms with Gasteiger partial charge in [-0.3, -0.25) is 0 Å². The molecule has 0 bridgehead atoms. The van der Waals surface area contributed by atoms with E-state index >= 15 is 0 Å². The van der Waals surface area contributed by atoms with Crippen LogP contribution in [-0.2, 0) is 0 Å². The number of rotatable bonds is 4. The van der Waals surface area contributed by atoms with Crippen molar-refractivity contribution in [1.82, 2.24) is 15.1 Å². The molecule has 17 heavy (non-hydrogen) atoms. The van der Waals surface area contributed by atoms with E-state index in [0.717, 1.165) is 25.6 Å². The number of hydrogen-bond acceptors (Lipinski definition) is 4. The maximum Gasteiger partial charge on any atom is 0.0680 e. The summed E-state index contributed by atoms with van der Waals surface area (Å²) in [7, 11) is 2.23. The fraction of sp³-hybridized carbons (Fsp3) is 1.00. The van der Waals surface area contributed by atoms with E-state index in [1.54, 1.807) is 0 Å². The molecule has 0 saturated carbocycles. The molecule has 0 radical (unpaired) electrons. The standard InChI is InChI=1S/C13H27N3O/c1-3-16-6-4-12(5-7-16)15(2)10-11-8-13(17)9-14-11/h11-14,17H,3-10H2,1-2H3. The van der Waals surface area contributed by atoms with Crippen molar-refractivity contribution in [1.29, 1.82) is 0 Å². The number of nitrogens with one attached hydrogen (secondary N) is 1. The molecular weight excluding hydrogens is 214 g/mol. The summed E-state index contributed by atoms with van der Waals surface area (Å²) in [4.78, 5) is 5.02. The number of β-amino-alcohol motifs (C(OH)–C–C–N with tert-alkyl or cyclic N) is 1. The molecule has 4 nitrogen and oxygen atoms in total. The lowest BCUT2D eigenvalue weighted by atomic mass is 10.0. The summed E-state index contributed by atoms with van der Waals surface area (Å²) in [6, 6.07) is 1.22. The average Bonchev–Trinajstić information content (AvgIpc) is 2.75. The Morgan fingerprint density at radius 2 is 2.06 bits per heavy atom. The van der Waals surface area contributed by atoms with E-state index in [1.165, 1.54) is 32.5 Å². The summed E-state index contributed by atoms with van der Waals surface area (Å²) < 4.78 is 0. The quantitative estimate of drug-likeness (QED) is 0.734. The zero-order valence-electron chi connectivity index (χ0n) is 11.2. The molecule has 2 heterocycles. The third-order valence-corrected chi connectivity index (χ3v) is 4.33. The first kappa shape index (κ1) is 13.3. The number of likely N-dealkylation sites (N-methyl/N-ethyl adjacent to an activating group) is 1. The minimum atomic E-state index is -0.129. The van der Waals surface area contributed by atoms with E-state index in [4.69, 9.17) is 0 Å². The lowest BCUT2D eigenvalue weighted by Gasteiger charge is -2.37. The molecule has 2 fully saturated rings. The van der Waals surface area contributed by atoms with Gasteiger partial charge in [0.05, 0.1) is 6.10 Å². The lowest BCUT2D eigenvalue weighted by Crippen LogP contribution is -2.46. The summed E-state index contributed by atoms with van der Waals surface area (Å²) in [6.45, 7) is 7.76. The molecule has 2 saturated heterocycles. The SMILES string of the molecule is CCN1CCC(N(C)CC2CC(O)CN2)CC1. The first-order valence-electron chi connectivity index (χ1n) is 7.03. The van der Waals surface area contributed by atoms with Crippen LogP contribution < -0.4 is 5.32 Å². The molecule has 100 valence electrons. The van der Waals surface area contributed by atoms with E-state index < -0.39 is 0 Å². The average molecular weight is 241 g/mol. The highest BCUT2D eigenvalue weighted by molar-refractivity contribution is 4.86. The van der Waals surface area contributed by atoms with Crippen molar-refractivity contribution in [2.24, 2.45) is 0 Å². The Morgan fingerprint density at radius 3 is 2.59 bits per heavy atom. The minimum Gasteiger partial charge on any atom is -0.392 e. The Morgan fingerprint density at radius 1 is 1.35 bits per heavy atom. The van der Waals surface area contributed by atoms with Gasteiger partial charge in [-0.1, -0.05) is 6.92 Å². The van der Waals surface area contributed by atoms with E-state index in [0.29, 0.717) is 6.04 Å². The molecule has 0 aliphatic carbocycles. The summed E-state index contributed by atoms with van der Waals surface area (Å²) >= 11 is 0. The van der Waals surface area contributed by atoms with Gasteiger partial charge < -0.3 is 20.2 Å². The van der Waals surface area contributed by atoms with E-state index in [-0.39, 0.29) is 6.10 Å².